The van der Waals surface area contributed by atoms with Crippen molar-refractivity contribution in [2.45, 2.75) is 32.4 Å². The molecule has 1 aliphatic heterocycles. The van der Waals surface area contributed by atoms with Crippen molar-refractivity contribution >= 4 is 5.82 Å². The van der Waals surface area contributed by atoms with Crippen LogP contribution >= 0.6 is 0 Å². The van der Waals surface area contributed by atoms with E-state index in [1.54, 1.807) is 6.20 Å². The quantitative estimate of drug-likeness (QED) is 0.862. The van der Waals surface area contributed by atoms with Crippen LogP contribution in [0.2, 0.25) is 0 Å². The molecule has 0 bridgehead atoms. The van der Waals surface area contributed by atoms with E-state index in [0.29, 0.717) is 11.9 Å². The Hall–Kier alpha value is -1.13. The van der Waals surface area contributed by atoms with Crippen LogP contribution in [-0.2, 0) is 11.3 Å². The molecule has 1 fully saturated rings. The van der Waals surface area contributed by atoms with Crippen molar-refractivity contribution in [3.05, 3.63) is 23.9 Å². The van der Waals surface area contributed by atoms with Gasteiger partial charge in [-0.2, -0.15) is 0 Å². The van der Waals surface area contributed by atoms with E-state index in [0.717, 1.165) is 26.2 Å². The van der Waals surface area contributed by atoms with E-state index in [9.17, 15) is 0 Å². The number of piperidine rings is 1. The molecule has 1 aromatic heterocycles. The monoisotopic (exact) mass is 235 g/mol. The van der Waals surface area contributed by atoms with Crippen molar-refractivity contribution in [3.8, 4) is 0 Å². The summed E-state index contributed by atoms with van der Waals surface area (Å²) >= 11 is 0. The van der Waals surface area contributed by atoms with Gasteiger partial charge in [-0.25, -0.2) is 4.98 Å². The molecule has 1 unspecified atom stereocenters. The maximum atomic E-state index is 5.70. The van der Waals surface area contributed by atoms with Crippen LogP contribution in [0.25, 0.3) is 0 Å². The number of pyridine rings is 1. The van der Waals surface area contributed by atoms with Gasteiger partial charge in [0.05, 0.1) is 6.10 Å². The van der Waals surface area contributed by atoms with Crippen molar-refractivity contribution in [2.75, 3.05) is 25.4 Å². The Morgan fingerprint density at radius 3 is 3.24 bits per heavy atom. The number of anilines is 1. The van der Waals surface area contributed by atoms with Gasteiger partial charge in [0.25, 0.3) is 0 Å². The van der Waals surface area contributed by atoms with Gasteiger partial charge in [0.1, 0.15) is 5.82 Å². The van der Waals surface area contributed by atoms with Crippen LogP contribution in [0.4, 0.5) is 5.82 Å². The molecule has 1 atom stereocenters. The molecular formula is C13H21N3O. The second-order valence-electron chi connectivity index (χ2n) is 4.54. The van der Waals surface area contributed by atoms with E-state index in [1.807, 2.05) is 12.1 Å². The largest absolute Gasteiger partial charge is 0.384 e. The molecule has 2 heterocycles. The van der Waals surface area contributed by atoms with Gasteiger partial charge in [0.2, 0.25) is 0 Å². The highest BCUT2D eigenvalue weighted by Gasteiger charge is 2.19. The molecule has 2 N–H and O–H groups in total. The zero-order chi connectivity index (χ0) is 12.1. The lowest BCUT2D eigenvalue weighted by atomic mass is 10.1. The third kappa shape index (κ3) is 3.68. The smallest absolute Gasteiger partial charge is 0.123 e. The molecule has 1 saturated heterocycles. The number of hydrogen-bond donors (Lipinski definition) is 1. The Kier molecular flexibility index (Phi) is 4.34. The Bertz CT molecular complexity index is 354. The minimum absolute atomic E-state index is 0.396. The van der Waals surface area contributed by atoms with Crippen LogP contribution in [0.1, 0.15) is 25.3 Å². The van der Waals surface area contributed by atoms with E-state index >= 15 is 0 Å². The number of hydrogen-bond acceptors (Lipinski definition) is 4. The summed E-state index contributed by atoms with van der Waals surface area (Å²) in [6.45, 7) is 5.97. The number of nitrogens with two attached hydrogens (primary N) is 1. The van der Waals surface area contributed by atoms with E-state index < -0.39 is 0 Å². The van der Waals surface area contributed by atoms with Crippen LogP contribution in [-0.4, -0.2) is 35.7 Å². The van der Waals surface area contributed by atoms with Gasteiger partial charge in [-0.3, -0.25) is 4.90 Å². The molecule has 0 aliphatic carbocycles. The number of rotatable bonds is 4. The molecule has 0 radical (unpaired) electrons. The highest BCUT2D eigenvalue weighted by Crippen LogP contribution is 2.16. The van der Waals surface area contributed by atoms with E-state index in [4.69, 9.17) is 10.5 Å². The molecule has 2 rings (SSSR count). The second-order valence-corrected chi connectivity index (χ2v) is 4.54. The summed E-state index contributed by atoms with van der Waals surface area (Å²) < 4.78 is 5.70. The van der Waals surface area contributed by atoms with Crippen molar-refractivity contribution in [1.82, 2.24) is 9.88 Å². The average Bonchev–Trinajstić information content (AvgIpc) is 2.30. The van der Waals surface area contributed by atoms with Crippen molar-refractivity contribution in [3.63, 3.8) is 0 Å². The predicted molar refractivity (Wildman–Crippen MR) is 68.6 cm³/mol. The van der Waals surface area contributed by atoms with Gasteiger partial charge in [-0.15, -0.1) is 0 Å². The third-order valence-electron chi connectivity index (χ3n) is 3.12. The standard InChI is InChI=1S/C13H21N3O/c1-2-17-12-4-3-7-16(10-12)9-11-5-6-15-13(14)8-11/h5-6,8,12H,2-4,7,9-10H2,1H3,(H2,14,15). The molecule has 4 heteroatoms. The van der Waals surface area contributed by atoms with Gasteiger partial charge in [-0.05, 0) is 44.0 Å². The Morgan fingerprint density at radius 2 is 2.47 bits per heavy atom. The summed E-state index contributed by atoms with van der Waals surface area (Å²) in [4.78, 5) is 6.44. The molecule has 0 spiro atoms. The summed E-state index contributed by atoms with van der Waals surface area (Å²) in [5.74, 6) is 0.598. The Labute approximate surface area is 103 Å². The SMILES string of the molecule is CCOC1CCCN(Cc2ccnc(N)c2)C1. The van der Waals surface area contributed by atoms with Crippen molar-refractivity contribution in [2.24, 2.45) is 0 Å². The number of ether oxygens (including phenoxy) is 1. The van der Waals surface area contributed by atoms with Gasteiger partial charge in [0, 0.05) is 25.9 Å². The first-order valence-electron chi connectivity index (χ1n) is 6.32. The molecule has 4 nitrogen and oxygen atoms in total. The fourth-order valence-electron chi connectivity index (χ4n) is 2.38. The zero-order valence-corrected chi connectivity index (χ0v) is 10.4. The van der Waals surface area contributed by atoms with Gasteiger partial charge in [-0.1, -0.05) is 0 Å². The first kappa shape index (κ1) is 12.3. The first-order valence-corrected chi connectivity index (χ1v) is 6.32. The number of aromatic nitrogens is 1. The zero-order valence-electron chi connectivity index (χ0n) is 10.4. The number of nitrogens with zero attached hydrogens (tertiary/aromatic N) is 2. The highest BCUT2D eigenvalue weighted by atomic mass is 16.5. The minimum Gasteiger partial charge on any atom is -0.384 e. The van der Waals surface area contributed by atoms with Crippen molar-refractivity contribution < 1.29 is 4.74 Å². The molecule has 17 heavy (non-hydrogen) atoms. The summed E-state index contributed by atoms with van der Waals surface area (Å²) in [7, 11) is 0. The summed E-state index contributed by atoms with van der Waals surface area (Å²) in [5.41, 5.74) is 6.92. The lowest BCUT2D eigenvalue weighted by Gasteiger charge is -2.32. The fraction of sp³-hybridized carbons (Fsp3) is 0.615. The van der Waals surface area contributed by atoms with Gasteiger partial charge < -0.3 is 10.5 Å². The lowest BCUT2D eigenvalue weighted by Crippen LogP contribution is -2.39. The van der Waals surface area contributed by atoms with E-state index in [1.165, 1.54) is 18.4 Å². The normalized spacial score (nSPS) is 21.6. The van der Waals surface area contributed by atoms with Crippen molar-refractivity contribution in [1.29, 1.82) is 0 Å². The van der Waals surface area contributed by atoms with Crippen LogP contribution in [0, 0.1) is 0 Å². The number of nitrogen functional groups attached to an aromatic ring is 1. The highest BCUT2D eigenvalue weighted by molar-refractivity contribution is 5.31. The summed E-state index contributed by atoms with van der Waals surface area (Å²) in [6.07, 6.45) is 4.57. The van der Waals surface area contributed by atoms with Crippen LogP contribution in [0.3, 0.4) is 0 Å². The van der Waals surface area contributed by atoms with Crippen LogP contribution < -0.4 is 5.73 Å². The maximum absolute atomic E-state index is 5.70. The average molecular weight is 235 g/mol. The minimum atomic E-state index is 0.396. The molecule has 0 saturated carbocycles. The predicted octanol–water partition coefficient (Wildman–Crippen LogP) is 1.66. The summed E-state index contributed by atoms with van der Waals surface area (Å²) in [5, 5.41) is 0. The van der Waals surface area contributed by atoms with Gasteiger partial charge >= 0.3 is 0 Å². The lowest BCUT2D eigenvalue weighted by molar-refractivity contribution is 0.00363. The third-order valence-corrected chi connectivity index (χ3v) is 3.12. The fourth-order valence-corrected chi connectivity index (χ4v) is 2.38. The maximum Gasteiger partial charge on any atom is 0.123 e. The molecule has 1 aromatic rings. The first-order chi connectivity index (χ1) is 8.28. The van der Waals surface area contributed by atoms with Crippen LogP contribution in [0.5, 0.6) is 0 Å². The van der Waals surface area contributed by atoms with E-state index in [2.05, 4.69) is 16.8 Å². The van der Waals surface area contributed by atoms with Crippen LogP contribution in [0.15, 0.2) is 18.3 Å². The molecule has 0 amide bonds. The molecular weight excluding hydrogens is 214 g/mol. The Morgan fingerprint density at radius 1 is 1.59 bits per heavy atom. The second kappa shape index (κ2) is 5.98. The Balaban J connectivity index is 1.90. The van der Waals surface area contributed by atoms with E-state index in [-0.39, 0.29) is 0 Å². The molecule has 0 aromatic carbocycles. The topological polar surface area (TPSA) is 51.4 Å². The molecule has 94 valence electrons. The molecule has 1 aliphatic rings. The summed E-state index contributed by atoms with van der Waals surface area (Å²) in [6, 6.07) is 3.98. The van der Waals surface area contributed by atoms with Gasteiger partial charge in [0.15, 0.2) is 0 Å². The number of likely N-dealkylation sites (tertiary alicyclic amines) is 1.